The molecule has 0 bridgehead atoms. The van der Waals surface area contributed by atoms with E-state index in [9.17, 15) is 0 Å². The fourth-order valence-electron chi connectivity index (χ4n) is 3.13. The lowest BCUT2D eigenvalue weighted by Gasteiger charge is -2.21. The highest BCUT2D eigenvalue weighted by Crippen LogP contribution is 2.26. The SMILES string of the molecule is CCNC(=NCc1ccnc(OC)c1)N1CCC(c2cnn(C)c2)C1.I. The molecule has 3 heterocycles. The summed E-state index contributed by atoms with van der Waals surface area (Å²) in [5, 5.41) is 7.70. The molecular formula is C18H27IN6O. The van der Waals surface area contributed by atoms with E-state index in [0.29, 0.717) is 18.3 Å². The maximum absolute atomic E-state index is 5.18. The Bertz CT molecular complexity index is 732. The number of aryl methyl sites for hydroxylation is 1. The number of methoxy groups -OCH3 is 1. The molecular weight excluding hydrogens is 443 g/mol. The zero-order valence-electron chi connectivity index (χ0n) is 15.6. The number of aliphatic imine (C=N–C) groups is 1. The van der Waals surface area contributed by atoms with E-state index < -0.39 is 0 Å². The van der Waals surface area contributed by atoms with Gasteiger partial charge in [0.05, 0.1) is 19.9 Å². The Morgan fingerprint density at radius 2 is 2.31 bits per heavy atom. The molecule has 1 aliphatic heterocycles. The van der Waals surface area contributed by atoms with Gasteiger partial charge < -0.3 is 15.0 Å². The van der Waals surface area contributed by atoms with Crippen molar-refractivity contribution in [1.29, 1.82) is 0 Å². The van der Waals surface area contributed by atoms with E-state index in [-0.39, 0.29) is 24.0 Å². The third kappa shape index (κ3) is 5.09. The van der Waals surface area contributed by atoms with Gasteiger partial charge in [0.2, 0.25) is 5.88 Å². The zero-order valence-corrected chi connectivity index (χ0v) is 17.9. The van der Waals surface area contributed by atoms with Crippen molar-refractivity contribution in [3.8, 4) is 5.88 Å². The molecule has 2 aromatic rings. The molecule has 0 aromatic carbocycles. The molecule has 1 fully saturated rings. The summed E-state index contributed by atoms with van der Waals surface area (Å²) in [4.78, 5) is 11.3. The number of pyridine rings is 1. The lowest BCUT2D eigenvalue weighted by atomic mass is 10.0. The van der Waals surface area contributed by atoms with Crippen LogP contribution in [-0.2, 0) is 13.6 Å². The number of nitrogens with one attached hydrogen (secondary N) is 1. The number of hydrogen-bond donors (Lipinski definition) is 1. The van der Waals surface area contributed by atoms with Crippen molar-refractivity contribution in [2.75, 3.05) is 26.7 Å². The fourth-order valence-corrected chi connectivity index (χ4v) is 3.13. The fraction of sp³-hybridized carbons (Fsp3) is 0.500. The Labute approximate surface area is 171 Å². The summed E-state index contributed by atoms with van der Waals surface area (Å²) < 4.78 is 7.05. The summed E-state index contributed by atoms with van der Waals surface area (Å²) in [5.74, 6) is 2.10. The molecule has 0 radical (unpaired) electrons. The molecule has 1 N–H and O–H groups in total. The summed E-state index contributed by atoms with van der Waals surface area (Å²) in [5.41, 5.74) is 2.39. The Kier molecular flexibility index (Phi) is 7.67. The van der Waals surface area contributed by atoms with Crippen LogP contribution < -0.4 is 10.1 Å². The lowest BCUT2D eigenvalue weighted by Crippen LogP contribution is -2.40. The number of likely N-dealkylation sites (tertiary alicyclic amines) is 1. The molecule has 26 heavy (non-hydrogen) atoms. The molecule has 2 aromatic heterocycles. The molecule has 1 saturated heterocycles. The standard InChI is InChI=1S/C18H26N6O.HI/c1-4-19-18(21-10-14-5-7-20-17(9-14)25-3)24-8-6-15(13-24)16-11-22-23(2)12-16;/h5,7,9,11-12,15H,4,6,8,10,13H2,1-3H3,(H,19,21);1H. The van der Waals surface area contributed by atoms with Gasteiger partial charge in [-0.2, -0.15) is 5.10 Å². The van der Waals surface area contributed by atoms with Crippen molar-refractivity contribution in [2.24, 2.45) is 12.0 Å². The second-order valence-corrected chi connectivity index (χ2v) is 6.26. The number of hydrogen-bond acceptors (Lipinski definition) is 4. The summed E-state index contributed by atoms with van der Waals surface area (Å²) in [6.07, 6.45) is 6.97. The summed E-state index contributed by atoms with van der Waals surface area (Å²) in [6, 6.07) is 3.90. The van der Waals surface area contributed by atoms with E-state index in [1.54, 1.807) is 13.3 Å². The monoisotopic (exact) mass is 470 g/mol. The quantitative estimate of drug-likeness (QED) is 0.413. The number of rotatable bonds is 5. The molecule has 0 spiro atoms. The van der Waals surface area contributed by atoms with Crippen molar-refractivity contribution < 1.29 is 4.74 Å². The zero-order chi connectivity index (χ0) is 17.6. The van der Waals surface area contributed by atoms with Gasteiger partial charge in [-0.05, 0) is 30.5 Å². The molecule has 8 heteroatoms. The molecule has 1 unspecified atom stereocenters. The first-order valence-electron chi connectivity index (χ1n) is 8.70. The molecule has 1 atom stereocenters. The first-order valence-corrected chi connectivity index (χ1v) is 8.70. The van der Waals surface area contributed by atoms with Gasteiger partial charge in [-0.25, -0.2) is 9.98 Å². The van der Waals surface area contributed by atoms with Crippen LogP contribution in [0.15, 0.2) is 35.7 Å². The average molecular weight is 470 g/mol. The van der Waals surface area contributed by atoms with E-state index in [1.165, 1.54) is 5.56 Å². The minimum absolute atomic E-state index is 0. The van der Waals surface area contributed by atoms with Crippen molar-refractivity contribution in [1.82, 2.24) is 25.0 Å². The minimum atomic E-state index is 0. The topological polar surface area (TPSA) is 67.6 Å². The Hall–Kier alpha value is -1.84. The van der Waals surface area contributed by atoms with E-state index in [1.807, 2.05) is 30.1 Å². The molecule has 7 nitrogen and oxygen atoms in total. The highest BCUT2D eigenvalue weighted by Gasteiger charge is 2.26. The van der Waals surface area contributed by atoms with E-state index in [2.05, 4.69) is 33.4 Å². The summed E-state index contributed by atoms with van der Waals surface area (Å²) in [7, 11) is 3.59. The van der Waals surface area contributed by atoms with Crippen molar-refractivity contribution >= 4 is 29.9 Å². The number of halogens is 1. The lowest BCUT2D eigenvalue weighted by molar-refractivity contribution is 0.397. The molecule has 142 valence electrons. The van der Waals surface area contributed by atoms with Gasteiger partial charge in [0, 0.05) is 51.1 Å². The van der Waals surface area contributed by atoms with Crippen LogP contribution in [0.1, 0.15) is 30.4 Å². The first kappa shape index (κ1) is 20.5. The van der Waals surface area contributed by atoms with Gasteiger partial charge in [-0.15, -0.1) is 24.0 Å². The van der Waals surface area contributed by atoms with Crippen LogP contribution in [0, 0.1) is 0 Å². The summed E-state index contributed by atoms with van der Waals surface area (Å²) >= 11 is 0. The highest BCUT2D eigenvalue weighted by atomic mass is 127. The molecule has 0 saturated carbocycles. The van der Waals surface area contributed by atoms with Gasteiger partial charge >= 0.3 is 0 Å². The smallest absolute Gasteiger partial charge is 0.213 e. The largest absolute Gasteiger partial charge is 0.481 e. The second kappa shape index (κ2) is 9.75. The third-order valence-corrected chi connectivity index (χ3v) is 4.44. The van der Waals surface area contributed by atoms with Crippen LogP contribution in [0.5, 0.6) is 5.88 Å². The van der Waals surface area contributed by atoms with Crippen LogP contribution in [-0.4, -0.2) is 52.4 Å². The maximum Gasteiger partial charge on any atom is 0.213 e. The Balaban J connectivity index is 0.00000243. The predicted molar refractivity (Wildman–Crippen MR) is 113 cm³/mol. The number of aromatic nitrogens is 3. The van der Waals surface area contributed by atoms with E-state index in [0.717, 1.165) is 37.6 Å². The van der Waals surface area contributed by atoms with Crippen molar-refractivity contribution in [3.63, 3.8) is 0 Å². The number of ether oxygens (including phenoxy) is 1. The Morgan fingerprint density at radius 3 is 3.00 bits per heavy atom. The number of guanidine groups is 1. The average Bonchev–Trinajstić information content (AvgIpc) is 3.28. The van der Waals surface area contributed by atoms with Crippen LogP contribution >= 0.6 is 24.0 Å². The van der Waals surface area contributed by atoms with Crippen molar-refractivity contribution in [2.45, 2.75) is 25.8 Å². The first-order chi connectivity index (χ1) is 12.2. The molecule has 0 aliphatic carbocycles. The van der Waals surface area contributed by atoms with E-state index in [4.69, 9.17) is 9.73 Å². The van der Waals surface area contributed by atoms with Crippen LogP contribution in [0.4, 0.5) is 0 Å². The van der Waals surface area contributed by atoms with E-state index >= 15 is 0 Å². The van der Waals surface area contributed by atoms with Crippen molar-refractivity contribution in [3.05, 3.63) is 41.9 Å². The molecule has 3 rings (SSSR count). The predicted octanol–water partition coefficient (Wildman–Crippen LogP) is 2.40. The van der Waals surface area contributed by atoms with Gasteiger partial charge in [-0.1, -0.05) is 0 Å². The van der Waals surface area contributed by atoms with Crippen LogP contribution in [0.2, 0.25) is 0 Å². The Morgan fingerprint density at radius 1 is 1.46 bits per heavy atom. The summed E-state index contributed by atoms with van der Waals surface area (Å²) in [6.45, 7) is 5.53. The van der Waals surface area contributed by atoms with Gasteiger partial charge in [-0.3, -0.25) is 4.68 Å². The van der Waals surface area contributed by atoms with Gasteiger partial charge in [0.25, 0.3) is 0 Å². The van der Waals surface area contributed by atoms with Crippen LogP contribution in [0.3, 0.4) is 0 Å². The van der Waals surface area contributed by atoms with Gasteiger partial charge in [0.1, 0.15) is 0 Å². The highest BCUT2D eigenvalue weighted by molar-refractivity contribution is 14.0. The number of nitrogens with zero attached hydrogens (tertiary/aromatic N) is 5. The third-order valence-electron chi connectivity index (χ3n) is 4.44. The molecule has 0 amide bonds. The van der Waals surface area contributed by atoms with Gasteiger partial charge in [0.15, 0.2) is 5.96 Å². The second-order valence-electron chi connectivity index (χ2n) is 6.26. The molecule has 1 aliphatic rings. The normalized spacial score (nSPS) is 17.1. The van der Waals surface area contributed by atoms with Crippen LogP contribution in [0.25, 0.3) is 0 Å². The maximum atomic E-state index is 5.18. The minimum Gasteiger partial charge on any atom is -0.481 e.